The Balaban J connectivity index is 1.74. The van der Waals surface area contributed by atoms with E-state index in [4.69, 9.17) is 10.5 Å². The minimum atomic E-state index is 0.0719. The fourth-order valence-corrected chi connectivity index (χ4v) is 2.98. The van der Waals surface area contributed by atoms with Crippen LogP contribution in [0.3, 0.4) is 0 Å². The predicted molar refractivity (Wildman–Crippen MR) is 70.0 cm³/mol. The molecule has 100 valence electrons. The Bertz CT molecular complexity index is 405. The molecule has 1 aliphatic carbocycles. The molecule has 2 atom stereocenters. The number of nitrogens with two attached hydrogens (primary N) is 1. The summed E-state index contributed by atoms with van der Waals surface area (Å²) in [5.41, 5.74) is 8.10. The summed E-state index contributed by atoms with van der Waals surface area (Å²) in [5.74, 6) is 0.456. The van der Waals surface area contributed by atoms with E-state index in [9.17, 15) is 0 Å². The fourth-order valence-electron chi connectivity index (χ4n) is 2.98. The number of hydrogen-bond donors (Lipinski definition) is 1. The van der Waals surface area contributed by atoms with Crippen LogP contribution in [-0.4, -0.2) is 22.8 Å². The van der Waals surface area contributed by atoms with E-state index < -0.39 is 0 Å². The van der Waals surface area contributed by atoms with E-state index in [0.717, 1.165) is 26.2 Å². The first-order valence-corrected chi connectivity index (χ1v) is 7.07. The first-order valence-electron chi connectivity index (χ1n) is 7.07. The Morgan fingerprint density at radius 2 is 2.44 bits per heavy atom. The van der Waals surface area contributed by atoms with E-state index in [1.54, 1.807) is 0 Å². The third-order valence-electron chi connectivity index (χ3n) is 4.77. The third kappa shape index (κ3) is 2.19. The first-order chi connectivity index (χ1) is 8.74. The molecule has 1 saturated carbocycles. The summed E-state index contributed by atoms with van der Waals surface area (Å²) in [6.07, 6.45) is 8.92. The molecule has 3 rings (SSSR count). The predicted octanol–water partition coefficient (Wildman–Crippen LogP) is 2.11. The van der Waals surface area contributed by atoms with Crippen molar-refractivity contribution >= 4 is 0 Å². The van der Waals surface area contributed by atoms with Crippen LogP contribution in [0.25, 0.3) is 0 Å². The zero-order valence-electron chi connectivity index (χ0n) is 11.1. The highest BCUT2D eigenvalue weighted by Gasteiger charge is 2.41. The van der Waals surface area contributed by atoms with Gasteiger partial charge in [-0.25, -0.2) is 4.98 Å². The van der Waals surface area contributed by atoms with Crippen molar-refractivity contribution in [1.82, 2.24) is 9.55 Å². The van der Waals surface area contributed by atoms with Crippen molar-refractivity contribution < 1.29 is 4.74 Å². The summed E-state index contributed by atoms with van der Waals surface area (Å²) < 4.78 is 7.72. The Morgan fingerprint density at radius 3 is 3.06 bits per heavy atom. The zero-order chi connectivity index (χ0) is 12.6. The van der Waals surface area contributed by atoms with Gasteiger partial charge in [0, 0.05) is 25.3 Å². The van der Waals surface area contributed by atoms with E-state index in [-0.39, 0.29) is 6.04 Å². The molecule has 18 heavy (non-hydrogen) atoms. The molecule has 2 N–H and O–H groups in total. The lowest BCUT2D eigenvalue weighted by molar-refractivity contribution is 0.180. The topological polar surface area (TPSA) is 53.1 Å². The standard InChI is InChI=1S/C14H23N3O/c1-2-14(4-5-14)9-17-10-16-7-12(17)13(15)11-3-6-18-8-11/h7,10-11,13H,2-6,8-9,15H2,1H3. The van der Waals surface area contributed by atoms with Crippen LogP contribution in [0.1, 0.15) is 44.3 Å². The van der Waals surface area contributed by atoms with Gasteiger partial charge in [-0.05, 0) is 31.1 Å². The van der Waals surface area contributed by atoms with Gasteiger partial charge >= 0.3 is 0 Å². The van der Waals surface area contributed by atoms with Crippen molar-refractivity contribution in [2.75, 3.05) is 13.2 Å². The van der Waals surface area contributed by atoms with Crippen LogP contribution in [0.15, 0.2) is 12.5 Å². The molecule has 2 fully saturated rings. The molecule has 0 radical (unpaired) electrons. The first kappa shape index (κ1) is 12.2. The lowest BCUT2D eigenvalue weighted by Crippen LogP contribution is -2.25. The summed E-state index contributed by atoms with van der Waals surface area (Å²) in [5, 5.41) is 0. The zero-order valence-corrected chi connectivity index (χ0v) is 11.1. The molecule has 2 unspecified atom stereocenters. The normalized spacial score (nSPS) is 27.3. The molecule has 2 heterocycles. The van der Waals surface area contributed by atoms with Crippen LogP contribution < -0.4 is 5.73 Å². The largest absolute Gasteiger partial charge is 0.381 e. The fraction of sp³-hybridized carbons (Fsp3) is 0.786. The summed E-state index contributed by atoms with van der Waals surface area (Å²) in [4.78, 5) is 4.30. The van der Waals surface area contributed by atoms with Gasteiger partial charge in [0.15, 0.2) is 0 Å². The maximum Gasteiger partial charge on any atom is 0.0948 e. The monoisotopic (exact) mass is 249 g/mol. The number of imidazole rings is 1. The van der Waals surface area contributed by atoms with Crippen LogP contribution in [0, 0.1) is 11.3 Å². The van der Waals surface area contributed by atoms with E-state index in [1.165, 1.54) is 25.0 Å². The van der Waals surface area contributed by atoms with Gasteiger partial charge in [-0.3, -0.25) is 0 Å². The molecule has 0 bridgehead atoms. The van der Waals surface area contributed by atoms with Gasteiger partial charge in [-0.1, -0.05) is 6.92 Å². The van der Waals surface area contributed by atoms with Gasteiger partial charge in [-0.15, -0.1) is 0 Å². The smallest absolute Gasteiger partial charge is 0.0948 e. The number of nitrogens with zero attached hydrogens (tertiary/aromatic N) is 2. The van der Waals surface area contributed by atoms with Crippen LogP contribution in [0.4, 0.5) is 0 Å². The molecule has 0 amide bonds. The van der Waals surface area contributed by atoms with Crippen molar-refractivity contribution in [3.05, 3.63) is 18.2 Å². The average molecular weight is 249 g/mol. The molecule has 4 heteroatoms. The lowest BCUT2D eigenvalue weighted by atomic mass is 9.96. The van der Waals surface area contributed by atoms with Gasteiger partial charge in [0.1, 0.15) is 0 Å². The second kappa shape index (κ2) is 4.67. The van der Waals surface area contributed by atoms with E-state index in [1.807, 2.05) is 12.5 Å². The van der Waals surface area contributed by atoms with Crippen molar-refractivity contribution in [3.8, 4) is 0 Å². The maximum absolute atomic E-state index is 6.39. The Hall–Kier alpha value is -0.870. The van der Waals surface area contributed by atoms with Crippen molar-refractivity contribution in [2.45, 2.75) is 45.2 Å². The molecule has 0 spiro atoms. The second-order valence-electron chi connectivity index (χ2n) is 5.95. The Kier molecular flexibility index (Phi) is 3.16. The highest BCUT2D eigenvalue weighted by atomic mass is 16.5. The summed E-state index contributed by atoms with van der Waals surface area (Å²) in [6, 6.07) is 0.0719. The number of rotatable bonds is 5. The van der Waals surface area contributed by atoms with E-state index >= 15 is 0 Å². The molecule has 1 aromatic rings. The Morgan fingerprint density at radius 1 is 1.61 bits per heavy atom. The molecular formula is C14H23N3O. The molecule has 1 aromatic heterocycles. The quantitative estimate of drug-likeness (QED) is 0.869. The highest BCUT2D eigenvalue weighted by Crippen LogP contribution is 2.50. The minimum absolute atomic E-state index is 0.0719. The van der Waals surface area contributed by atoms with Gasteiger partial charge in [0.25, 0.3) is 0 Å². The van der Waals surface area contributed by atoms with Gasteiger partial charge in [-0.2, -0.15) is 0 Å². The highest BCUT2D eigenvalue weighted by molar-refractivity contribution is 5.08. The number of ether oxygens (including phenoxy) is 1. The summed E-state index contributed by atoms with van der Waals surface area (Å²) in [6.45, 7) is 5.02. The van der Waals surface area contributed by atoms with Crippen LogP contribution in [-0.2, 0) is 11.3 Å². The second-order valence-corrected chi connectivity index (χ2v) is 5.95. The van der Waals surface area contributed by atoms with E-state index in [2.05, 4.69) is 16.5 Å². The molecule has 0 aromatic carbocycles. The van der Waals surface area contributed by atoms with Crippen molar-refractivity contribution in [2.24, 2.45) is 17.1 Å². The SMILES string of the molecule is CCC1(Cn2cncc2C(N)C2CCOC2)CC1. The molecule has 4 nitrogen and oxygen atoms in total. The maximum atomic E-state index is 6.39. The van der Waals surface area contributed by atoms with Crippen molar-refractivity contribution in [3.63, 3.8) is 0 Å². The number of aromatic nitrogens is 2. The third-order valence-corrected chi connectivity index (χ3v) is 4.77. The summed E-state index contributed by atoms with van der Waals surface area (Å²) in [7, 11) is 0. The molecule has 1 saturated heterocycles. The van der Waals surface area contributed by atoms with Crippen LogP contribution in [0.5, 0.6) is 0 Å². The molecular weight excluding hydrogens is 226 g/mol. The lowest BCUT2D eigenvalue weighted by Gasteiger charge is -2.22. The van der Waals surface area contributed by atoms with Crippen LogP contribution in [0.2, 0.25) is 0 Å². The van der Waals surface area contributed by atoms with Crippen molar-refractivity contribution in [1.29, 1.82) is 0 Å². The number of hydrogen-bond acceptors (Lipinski definition) is 3. The molecule has 1 aliphatic heterocycles. The summed E-state index contributed by atoms with van der Waals surface area (Å²) >= 11 is 0. The minimum Gasteiger partial charge on any atom is -0.381 e. The van der Waals surface area contributed by atoms with E-state index in [0.29, 0.717) is 11.3 Å². The van der Waals surface area contributed by atoms with Gasteiger partial charge < -0.3 is 15.0 Å². The molecule has 2 aliphatic rings. The van der Waals surface area contributed by atoms with Gasteiger partial charge in [0.05, 0.1) is 24.7 Å². The van der Waals surface area contributed by atoms with Gasteiger partial charge in [0.2, 0.25) is 0 Å². The van der Waals surface area contributed by atoms with Crippen LogP contribution >= 0.6 is 0 Å². The Labute approximate surface area is 109 Å². The average Bonchev–Trinajstić information content (AvgIpc) is 2.84.